The van der Waals surface area contributed by atoms with Crippen molar-refractivity contribution >= 4 is 6.09 Å². The zero-order valence-corrected chi connectivity index (χ0v) is 15.3. The van der Waals surface area contributed by atoms with Crippen LogP contribution in [0.2, 0.25) is 0 Å². The van der Waals surface area contributed by atoms with E-state index < -0.39 is 5.60 Å². The first-order valence-corrected chi connectivity index (χ1v) is 9.31. The van der Waals surface area contributed by atoms with Crippen molar-refractivity contribution in [2.75, 3.05) is 13.3 Å². The highest BCUT2D eigenvalue weighted by atomic mass is 16.7. The summed E-state index contributed by atoms with van der Waals surface area (Å²) in [6, 6.07) is 6.45. The van der Waals surface area contributed by atoms with Gasteiger partial charge in [0, 0.05) is 18.5 Å². The van der Waals surface area contributed by atoms with Crippen molar-refractivity contribution in [1.82, 2.24) is 4.90 Å². The number of amides is 1. The lowest BCUT2D eigenvalue weighted by Crippen LogP contribution is -2.45. The van der Waals surface area contributed by atoms with Gasteiger partial charge in [0.05, 0.1) is 0 Å². The lowest BCUT2D eigenvalue weighted by molar-refractivity contribution is 0.0156. The van der Waals surface area contributed by atoms with Crippen molar-refractivity contribution in [3.05, 3.63) is 23.8 Å². The minimum absolute atomic E-state index is 0.173. The fraction of sp³-hybridized carbons (Fsp3) is 0.650. The molecule has 0 unspecified atom stereocenters. The molecular formula is C20H27NO4. The molecule has 25 heavy (non-hydrogen) atoms. The predicted molar refractivity (Wildman–Crippen MR) is 94.0 cm³/mol. The van der Waals surface area contributed by atoms with Crippen LogP contribution in [0.3, 0.4) is 0 Å². The first-order valence-electron chi connectivity index (χ1n) is 9.31. The first kappa shape index (κ1) is 16.6. The molecule has 1 amide bonds. The Morgan fingerprint density at radius 1 is 1.16 bits per heavy atom. The van der Waals surface area contributed by atoms with Crippen LogP contribution in [0, 0.1) is 5.92 Å². The van der Waals surface area contributed by atoms with Crippen LogP contribution in [0.15, 0.2) is 18.2 Å². The van der Waals surface area contributed by atoms with Crippen LogP contribution in [0.4, 0.5) is 4.79 Å². The van der Waals surface area contributed by atoms with Gasteiger partial charge in [-0.1, -0.05) is 12.5 Å². The quantitative estimate of drug-likeness (QED) is 0.761. The highest BCUT2D eigenvalue weighted by Crippen LogP contribution is 2.46. The highest BCUT2D eigenvalue weighted by molar-refractivity contribution is 5.69. The maximum Gasteiger partial charge on any atom is 0.410 e. The first-order chi connectivity index (χ1) is 11.9. The molecule has 5 heteroatoms. The van der Waals surface area contributed by atoms with E-state index in [4.69, 9.17) is 14.2 Å². The predicted octanol–water partition coefficient (Wildman–Crippen LogP) is 4.31. The molecule has 1 aliphatic carbocycles. The monoisotopic (exact) mass is 345 g/mol. The van der Waals surface area contributed by atoms with E-state index >= 15 is 0 Å². The van der Waals surface area contributed by atoms with E-state index in [1.807, 2.05) is 31.7 Å². The van der Waals surface area contributed by atoms with Crippen molar-refractivity contribution in [1.29, 1.82) is 0 Å². The van der Waals surface area contributed by atoms with E-state index in [0.29, 0.717) is 18.6 Å². The molecule has 2 aliphatic heterocycles. The summed E-state index contributed by atoms with van der Waals surface area (Å²) < 4.78 is 16.7. The number of carbonyl (C=O) groups excluding carboxylic acids is 1. The Morgan fingerprint density at radius 3 is 2.76 bits per heavy atom. The Hall–Kier alpha value is -1.91. The number of hydrogen-bond acceptors (Lipinski definition) is 4. The third-order valence-electron chi connectivity index (χ3n) is 5.54. The number of ether oxygens (including phenoxy) is 3. The van der Waals surface area contributed by atoms with E-state index in [1.165, 1.54) is 18.4 Å². The molecule has 1 saturated heterocycles. The molecule has 3 aliphatic rings. The van der Waals surface area contributed by atoms with Crippen LogP contribution < -0.4 is 9.47 Å². The summed E-state index contributed by atoms with van der Waals surface area (Å²) in [6.07, 6.45) is 4.41. The molecule has 1 aromatic carbocycles. The molecule has 4 rings (SSSR count). The summed E-state index contributed by atoms with van der Waals surface area (Å²) >= 11 is 0. The fourth-order valence-electron chi connectivity index (χ4n) is 4.55. The minimum atomic E-state index is -0.460. The molecule has 2 fully saturated rings. The summed E-state index contributed by atoms with van der Waals surface area (Å²) in [5.74, 6) is 2.54. The topological polar surface area (TPSA) is 48.0 Å². The van der Waals surface area contributed by atoms with Crippen LogP contribution in [-0.4, -0.2) is 36.0 Å². The summed E-state index contributed by atoms with van der Waals surface area (Å²) in [7, 11) is 0. The average molecular weight is 345 g/mol. The van der Waals surface area contributed by atoms with Gasteiger partial charge in [-0.05, 0) is 63.6 Å². The fourth-order valence-corrected chi connectivity index (χ4v) is 4.55. The summed E-state index contributed by atoms with van der Waals surface area (Å²) in [4.78, 5) is 14.7. The van der Waals surface area contributed by atoms with Gasteiger partial charge in [0.1, 0.15) is 5.60 Å². The molecular weight excluding hydrogens is 318 g/mol. The maximum atomic E-state index is 12.7. The van der Waals surface area contributed by atoms with Gasteiger partial charge in [-0.3, -0.25) is 0 Å². The van der Waals surface area contributed by atoms with Gasteiger partial charge < -0.3 is 19.1 Å². The van der Waals surface area contributed by atoms with E-state index in [0.717, 1.165) is 30.9 Å². The molecule has 0 radical (unpaired) electrons. The van der Waals surface area contributed by atoms with Crippen molar-refractivity contribution in [2.24, 2.45) is 5.92 Å². The molecule has 0 bridgehead atoms. The standard InChI is InChI=1S/C20H27NO4/c1-20(2,3)25-19(22)21-10-9-13-5-4-6-15(18(13)21)14-7-8-16-17(11-14)24-12-23-16/h7-8,11,13,15,18H,4-6,9-10,12H2,1-3H3/t13-,15+,18+/m1/s1. The molecule has 2 heterocycles. The summed E-state index contributed by atoms with van der Waals surface area (Å²) in [6.45, 7) is 6.86. The summed E-state index contributed by atoms with van der Waals surface area (Å²) in [5, 5.41) is 0. The van der Waals surface area contributed by atoms with E-state index in [1.54, 1.807) is 0 Å². The van der Waals surface area contributed by atoms with Crippen LogP contribution in [0.5, 0.6) is 11.5 Å². The van der Waals surface area contributed by atoms with Crippen molar-refractivity contribution in [3.8, 4) is 11.5 Å². The number of likely N-dealkylation sites (tertiary alicyclic amines) is 1. The van der Waals surface area contributed by atoms with Gasteiger partial charge in [-0.15, -0.1) is 0 Å². The zero-order valence-electron chi connectivity index (χ0n) is 15.3. The molecule has 1 aromatic rings. The third-order valence-corrected chi connectivity index (χ3v) is 5.54. The van der Waals surface area contributed by atoms with Crippen molar-refractivity contribution in [2.45, 2.75) is 64.0 Å². The number of hydrogen-bond donors (Lipinski definition) is 0. The van der Waals surface area contributed by atoms with E-state index in [-0.39, 0.29) is 12.1 Å². The molecule has 5 nitrogen and oxygen atoms in total. The zero-order chi connectivity index (χ0) is 17.6. The van der Waals surface area contributed by atoms with Gasteiger partial charge in [-0.2, -0.15) is 0 Å². The number of fused-ring (bicyclic) bond motifs is 2. The van der Waals surface area contributed by atoms with Gasteiger partial charge in [-0.25, -0.2) is 4.79 Å². The third kappa shape index (κ3) is 3.16. The molecule has 0 aromatic heterocycles. The number of carbonyl (C=O) groups is 1. The molecule has 0 spiro atoms. The average Bonchev–Trinajstić information content (AvgIpc) is 3.18. The SMILES string of the molecule is CC(C)(C)OC(=O)N1CC[C@H]2CCC[C@@H](c3ccc4c(c3)OCO4)[C@H]21. The van der Waals surface area contributed by atoms with Crippen LogP contribution in [0.25, 0.3) is 0 Å². The van der Waals surface area contributed by atoms with Crippen molar-refractivity contribution < 1.29 is 19.0 Å². The largest absolute Gasteiger partial charge is 0.454 e. The van der Waals surface area contributed by atoms with Crippen LogP contribution >= 0.6 is 0 Å². The molecule has 1 saturated carbocycles. The number of nitrogens with zero attached hydrogens (tertiary/aromatic N) is 1. The lowest BCUT2D eigenvalue weighted by atomic mass is 9.74. The number of benzene rings is 1. The van der Waals surface area contributed by atoms with Crippen LogP contribution in [0.1, 0.15) is 57.9 Å². The van der Waals surface area contributed by atoms with Crippen molar-refractivity contribution in [3.63, 3.8) is 0 Å². The minimum Gasteiger partial charge on any atom is -0.454 e. The van der Waals surface area contributed by atoms with E-state index in [2.05, 4.69) is 12.1 Å². The Kier molecular flexibility index (Phi) is 4.05. The second-order valence-corrected chi connectivity index (χ2v) is 8.36. The second kappa shape index (κ2) is 6.11. The molecule has 136 valence electrons. The Morgan fingerprint density at radius 2 is 1.96 bits per heavy atom. The Labute approximate surface area is 149 Å². The smallest absolute Gasteiger partial charge is 0.410 e. The molecule has 3 atom stereocenters. The maximum absolute atomic E-state index is 12.7. The van der Waals surface area contributed by atoms with Gasteiger partial charge in [0.15, 0.2) is 11.5 Å². The van der Waals surface area contributed by atoms with Crippen LogP contribution in [-0.2, 0) is 4.74 Å². The second-order valence-electron chi connectivity index (χ2n) is 8.36. The van der Waals surface area contributed by atoms with Gasteiger partial charge in [0.25, 0.3) is 0 Å². The normalized spacial score (nSPS) is 28.0. The highest BCUT2D eigenvalue weighted by Gasteiger charge is 2.45. The molecule has 0 N–H and O–H groups in total. The van der Waals surface area contributed by atoms with E-state index in [9.17, 15) is 4.79 Å². The Balaban J connectivity index is 1.60. The lowest BCUT2D eigenvalue weighted by Gasteiger charge is -2.39. The van der Waals surface area contributed by atoms with Gasteiger partial charge in [0.2, 0.25) is 6.79 Å². The number of rotatable bonds is 1. The van der Waals surface area contributed by atoms with Gasteiger partial charge >= 0.3 is 6.09 Å². The Bertz CT molecular complexity index is 666. The summed E-state index contributed by atoms with van der Waals surface area (Å²) in [5.41, 5.74) is 0.785.